The van der Waals surface area contributed by atoms with Crippen LogP contribution < -0.4 is 9.80 Å². The van der Waals surface area contributed by atoms with Crippen molar-refractivity contribution in [1.29, 1.82) is 0 Å². The minimum absolute atomic E-state index is 0.208. The van der Waals surface area contributed by atoms with E-state index >= 15 is 0 Å². The Morgan fingerprint density at radius 3 is 1.55 bits per heavy atom. The minimum atomic E-state index is 0.208. The minimum Gasteiger partial charge on any atom is -0.329 e. The summed E-state index contributed by atoms with van der Waals surface area (Å²) in [6, 6.07) is 0.875. The molecule has 2 rings (SSSR count). The van der Waals surface area contributed by atoms with Crippen molar-refractivity contribution in [2.24, 2.45) is 11.8 Å². The molecule has 0 spiro atoms. The van der Waals surface area contributed by atoms with Crippen molar-refractivity contribution in [3.63, 3.8) is 0 Å². The number of piperidine rings is 2. The average Bonchev–Trinajstić information content (AvgIpc) is 2.45. The zero-order chi connectivity index (χ0) is 16.3. The van der Waals surface area contributed by atoms with Crippen molar-refractivity contribution in [1.82, 2.24) is 0 Å². The van der Waals surface area contributed by atoms with E-state index in [0.717, 1.165) is 39.0 Å². The van der Waals surface area contributed by atoms with Gasteiger partial charge in [-0.3, -0.25) is 9.59 Å². The summed E-state index contributed by atoms with van der Waals surface area (Å²) in [6.07, 6.45) is 5.99. The van der Waals surface area contributed by atoms with Gasteiger partial charge in [-0.05, 0) is 26.0 Å². The van der Waals surface area contributed by atoms with Gasteiger partial charge in [0.1, 0.15) is 11.6 Å². The fraction of sp³-hybridized carbons (Fsp3) is 0.778. The topological polar surface area (TPSA) is 43.0 Å². The Balaban J connectivity index is 1.78. The number of carbonyl (C=O) groups is 2. The second-order valence-electron chi connectivity index (χ2n) is 7.55. The van der Waals surface area contributed by atoms with Crippen molar-refractivity contribution in [2.75, 3.05) is 26.2 Å². The molecule has 0 bridgehead atoms. The van der Waals surface area contributed by atoms with E-state index in [1.54, 1.807) is 0 Å². The van der Waals surface area contributed by atoms with Crippen molar-refractivity contribution in [3.05, 3.63) is 12.2 Å². The number of carbonyl (C=O) groups excluding carboxylic acids is 2. The summed E-state index contributed by atoms with van der Waals surface area (Å²) in [4.78, 5) is 26.5. The zero-order valence-corrected chi connectivity index (χ0v) is 14.5. The molecule has 2 N–H and O–H groups in total. The van der Waals surface area contributed by atoms with Gasteiger partial charge in [-0.1, -0.05) is 13.8 Å². The van der Waals surface area contributed by atoms with Crippen LogP contribution in [0.25, 0.3) is 0 Å². The van der Waals surface area contributed by atoms with Gasteiger partial charge in [0, 0.05) is 0 Å². The summed E-state index contributed by atoms with van der Waals surface area (Å²) in [7, 11) is 0. The molecule has 0 saturated carbocycles. The van der Waals surface area contributed by atoms with E-state index < -0.39 is 0 Å². The fourth-order valence-electron chi connectivity index (χ4n) is 3.75. The maximum absolute atomic E-state index is 11.7. The van der Waals surface area contributed by atoms with Gasteiger partial charge < -0.3 is 9.80 Å². The Bertz CT molecular complexity index is 406. The summed E-state index contributed by atoms with van der Waals surface area (Å²) in [5.41, 5.74) is 0. The van der Waals surface area contributed by atoms with Gasteiger partial charge in [-0.15, -0.1) is 0 Å². The number of hydrogen-bond acceptors (Lipinski definition) is 2. The highest BCUT2D eigenvalue weighted by Gasteiger charge is 2.32. The van der Waals surface area contributed by atoms with E-state index in [2.05, 4.69) is 39.8 Å². The summed E-state index contributed by atoms with van der Waals surface area (Å²) < 4.78 is 0. The number of ketones is 2. The van der Waals surface area contributed by atoms with Gasteiger partial charge in [0.2, 0.25) is 0 Å². The number of likely N-dealkylation sites (tertiary alicyclic amines) is 2. The Labute approximate surface area is 134 Å². The molecule has 2 aliphatic heterocycles. The zero-order valence-electron chi connectivity index (χ0n) is 14.5. The number of nitrogens with one attached hydrogen (secondary N) is 2. The van der Waals surface area contributed by atoms with E-state index in [9.17, 15) is 9.59 Å². The number of hydrogen-bond donors (Lipinski definition) is 2. The van der Waals surface area contributed by atoms with E-state index in [4.69, 9.17) is 0 Å². The van der Waals surface area contributed by atoms with Crippen molar-refractivity contribution in [2.45, 2.75) is 52.6 Å². The van der Waals surface area contributed by atoms with Crippen LogP contribution >= 0.6 is 0 Å². The van der Waals surface area contributed by atoms with Gasteiger partial charge in [0.25, 0.3) is 0 Å². The SMILES string of the molecule is C[C@@H]1C[NH+](C/C=C/C[NH+]2C[C@@H](C)C(=O)C[C@@H]2C)[C@H](C)CC1=O. The highest BCUT2D eigenvalue weighted by atomic mass is 16.1. The Morgan fingerprint density at radius 2 is 1.18 bits per heavy atom. The molecule has 4 nitrogen and oxygen atoms in total. The molecule has 0 amide bonds. The lowest BCUT2D eigenvalue weighted by atomic mass is 9.93. The highest BCUT2D eigenvalue weighted by Crippen LogP contribution is 2.06. The van der Waals surface area contributed by atoms with Gasteiger partial charge in [0.15, 0.2) is 0 Å². The second kappa shape index (κ2) is 7.51. The number of quaternary nitrogens is 2. The van der Waals surface area contributed by atoms with Crippen LogP contribution in [0, 0.1) is 11.8 Å². The first-order valence-corrected chi connectivity index (χ1v) is 8.78. The largest absolute Gasteiger partial charge is 0.329 e. The molecule has 2 saturated heterocycles. The lowest BCUT2D eigenvalue weighted by molar-refractivity contribution is -0.924. The molecule has 0 radical (unpaired) electrons. The van der Waals surface area contributed by atoms with Crippen LogP contribution in [0.15, 0.2) is 12.2 Å². The maximum Gasteiger partial charge on any atom is 0.147 e. The summed E-state index contributed by atoms with van der Waals surface area (Å²) in [6.45, 7) is 12.4. The molecule has 2 fully saturated rings. The standard InChI is InChI=1S/C18H30N2O2/c1-13-11-19(15(3)9-17(13)21)7-5-6-8-20-12-14(2)18(22)10-16(20)4/h5-6,13-16H,7-12H2,1-4H3/p+2/b6-5+/t13-,14-,15-,16+/m1/s1. The van der Waals surface area contributed by atoms with Gasteiger partial charge in [-0.25, -0.2) is 0 Å². The van der Waals surface area contributed by atoms with Crippen LogP contribution in [0.1, 0.15) is 40.5 Å². The summed E-state index contributed by atoms with van der Waals surface area (Å²) in [5.74, 6) is 1.26. The Morgan fingerprint density at radius 1 is 0.818 bits per heavy atom. The van der Waals surface area contributed by atoms with Crippen molar-refractivity contribution < 1.29 is 19.4 Å². The third-order valence-electron chi connectivity index (χ3n) is 5.57. The summed E-state index contributed by atoms with van der Waals surface area (Å²) in [5, 5.41) is 0. The van der Waals surface area contributed by atoms with Crippen molar-refractivity contribution >= 4 is 11.6 Å². The molecule has 22 heavy (non-hydrogen) atoms. The molecule has 4 heteroatoms. The number of rotatable bonds is 4. The fourth-order valence-corrected chi connectivity index (χ4v) is 3.75. The van der Waals surface area contributed by atoms with E-state index in [1.807, 2.05) is 0 Å². The van der Waals surface area contributed by atoms with Crippen LogP contribution in [-0.2, 0) is 9.59 Å². The molecule has 0 aliphatic carbocycles. The molecule has 0 aromatic rings. The molecular weight excluding hydrogens is 276 g/mol. The van der Waals surface area contributed by atoms with Crippen LogP contribution in [0.2, 0.25) is 0 Å². The first-order valence-electron chi connectivity index (χ1n) is 8.78. The van der Waals surface area contributed by atoms with Crippen LogP contribution in [0.3, 0.4) is 0 Å². The van der Waals surface area contributed by atoms with Gasteiger partial charge >= 0.3 is 0 Å². The van der Waals surface area contributed by atoms with Gasteiger partial charge in [-0.2, -0.15) is 0 Å². The smallest absolute Gasteiger partial charge is 0.147 e. The molecule has 2 unspecified atom stereocenters. The molecule has 2 heterocycles. The first-order chi connectivity index (χ1) is 10.4. The summed E-state index contributed by atoms with van der Waals surface area (Å²) >= 11 is 0. The molecule has 124 valence electrons. The third kappa shape index (κ3) is 4.26. The molecule has 0 aromatic carbocycles. The van der Waals surface area contributed by atoms with Crippen molar-refractivity contribution in [3.8, 4) is 0 Å². The molecule has 0 aromatic heterocycles. The predicted octanol–water partition coefficient (Wildman–Crippen LogP) is -0.693. The van der Waals surface area contributed by atoms with E-state index in [-0.39, 0.29) is 11.8 Å². The lowest BCUT2D eigenvalue weighted by Crippen LogP contribution is -3.17. The first kappa shape index (κ1) is 17.4. The van der Waals surface area contributed by atoms with E-state index in [1.165, 1.54) is 9.80 Å². The highest BCUT2D eigenvalue weighted by molar-refractivity contribution is 5.82. The molecule has 2 aliphatic rings. The molecule has 6 atom stereocenters. The quantitative estimate of drug-likeness (QED) is 0.675. The third-order valence-corrected chi connectivity index (χ3v) is 5.57. The predicted molar refractivity (Wildman–Crippen MR) is 87.0 cm³/mol. The van der Waals surface area contributed by atoms with E-state index in [0.29, 0.717) is 23.7 Å². The number of Topliss-reactive ketones (excluding diaryl/α,β-unsaturated/α-hetero) is 2. The average molecular weight is 308 g/mol. The van der Waals surface area contributed by atoms with Crippen LogP contribution in [-0.4, -0.2) is 49.8 Å². The van der Waals surface area contributed by atoms with Gasteiger partial charge in [0.05, 0.1) is 62.9 Å². The monoisotopic (exact) mass is 308 g/mol. The lowest BCUT2D eigenvalue weighted by Gasteiger charge is -2.33. The molecular formula is C18H32N2O2+2. The van der Waals surface area contributed by atoms with Crippen LogP contribution in [0.5, 0.6) is 0 Å². The Kier molecular flexibility index (Phi) is 5.93. The maximum atomic E-state index is 11.7. The second-order valence-corrected chi connectivity index (χ2v) is 7.55. The normalized spacial score (nSPS) is 40.4. The Hall–Kier alpha value is -1.00. The van der Waals surface area contributed by atoms with Crippen LogP contribution in [0.4, 0.5) is 0 Å².